The molecule has 20 heavy (non-hydrogen) atoms. The fourth-order valence-corrected chi connectivity index (χ4v) is 4.06. The molecule has 1 heterocycles. The van der Waals surface area contributed by atoms with Crippen molar-refractivity contribution in [1.82, 2.24) is 4.31 Å². The third-order valence-electron chi connectivity index (χ3n) is 3.64. The van der Waals surface area contributed by atoms with Crippen LogP contribution in [0.1, 0.15) is 18.9 Å². The van der Waals surface area contributed by atoms with Crippen LogP contribution in [0.5, 0.6) is 0 Å². The molecule has 112 valence electrons. The molecular weight excluding hydrogens is 305 g/mol. The van der Waals surface area contributed by atoms with E-state index in [2.05, 4.69) is 0 Å². The van der Waals surface area contributed by atoms with E-state index < -0.39 is 15.8 Å². The van der Waals surface area contributed by atoms with Crippen molar-refractivity contribution in [2.45, 2.75) is 36.3 Å². The van der Waals surface area contributed by atoms with Gasteiger partial charge in [-0.3, -0.25) is 0 Å². The number of hydrogen-bond acceptors (Lipinski definition) is 3. The zero-order chi connectivity index (χ0) is 14.9. The van der Waals surface area contributed by atoms with Gasteiger partial charge in [-0.05, 0) is 31.5 Å². The molecule has 2 rings (SSSR count). The normalized spacial score (nSPS) is 23.4. The number of likely N-dealkylation sites (N-methyl/N-ethyl adjacent to an activating group) is 1. The van der Waals surface area contributed by atoms with E-state index in [1.165, 1.54) is 23.5 Å². The minimum absolute atomic E-state index is 0.0520. The van der Waals surface area contributed by atoms with Crippen LogP contribution in [0.15, 0.2) is 23.1 Å². The Labute approximate surface area is 123 Å². The lowest BCUT2D eigenvalue weighted by Crippen LogP contribution is -2.40. The van der Waals surface area contributed by atoms with Gasteiger partial charge in [0.05, 0.1) is 22.9 Å². The van der Waals surface area contributed by atoms with Gasteiger partial charge in [-0.1, -0.05) is 0 Å². The highest BCUT2D eigenvalue weighted by atomic mass is 35.5. The van der Waals surface area contributed by atoms with Crippen LogP contribution in [-0.4, -0.2) is 38.5 Å². The maximum Gasteiger partial charge on any atom is 0.243 e. The Bertz CT molecular complexity index is 593. The molecule has 1 aliphatic rings. The molecule has 0 N–H and O–H groups in total. The van der Waals surface area contributed by atoms with Gasteiger partial charge in [0, 0.05) is 19.2 Å². The molecule has 1 saturated heterocycles. The fraction of sp³-hybridized carbons (Fsp3) is 0.538. The van der Waals surface area contributed by atoms with Gasteiger partial charge in [-0.15, -0.1) is 11.6 Å². The molecule has 1 fully saturated rings. The SMILES string of the molecule is CC1OCCC1N(C)S(=O)(=O)c1ccc(F)c(CCl)c1. The lowest BCUT2D eigenvalue weighted by atomic mass is 10.2. The number of hydrogen-bond donors (Lipinski definition) is 0. The molecule has 1 aliphatic heterocycles. The molecule has 0 saturated carbocycles. The summed E-state index contributed by atoms with van der Waals surface area (Å²) in [4.78, 5) is 0.0520. The molecule has 1 aromatic carbocycles. The molecule has 0 amide bonds. The third kappa shape index (κ3) is 2.83. The maximum absolute atomic E-state index is 13.4. The van der Waals surface area contributed by atoms with Gasteiger partial charge in [-0.2, -0.15) is 4.31 Å². The standard InChI is InChI=1S/C13H17ClFNO3S/c1-9-13(5-6-19-9)16(2)20(17,18)11-3-4-12(15)10(7-11)8-14/h3-4,7,9,13H,5-6,8H2,1-2H3. The molecule has 0 bridgehead atoms. The molecule has 2 atom stereocenters. The van der Waals surface area contributed by atoms with E-state index in [1.54, 1.807) is 0 Å². The summed E-state index contributed by atoms with van der Waals surface area (Å²) in [7, 11) is -2.15. The number of rotatable bonds is 4. The van der Waals surface area contributed by atoms with Crippen LogP contribution < -0.4 is 0 Å². The summed E-state index contributed by atoms with van der Waals surface area (Å²) < 4.78 is 45.2. The van der Waals surface area contributed by atoms with Crippen LogP contribution in [0, 0.1) is 5.82 Å². The first-order valence-electron chi connectivity index (χ1n) is 6.32. The average molecular weight is 322 g/mol. The highest BCUT2D eigenvalue weighted by molar-refractivity contribution is 7.89. The lowest BCUT2D eigenvalue weighted by Gasteiger charge is -2.26. The Morgan fingerprint density at radius 1 is 1.50 bits per heavy atom. The summed E-state index contributed by atoms with van der Waals surface area (Å²) in [6.07, 6.45) is 0.503. The number of sulfonamides is 1. The summed E-state index contributed by atoms with van der Waals surface area (Å²) in [6, 6.07) is 3.48. The average Bonchev–Trinajstić information content (AvgIpc) is 2.84. The van der Waals surface area contributed by atoms with E-state index in [1.807, 2.05) is 6.92 Å². The minimum atomic E-state index is -3.68. The van der Waals surface area contributed by atoms with E-state index in [0.717, 1.165) is 6.07 Å². The second-order valence-electron chi connectivity index (χ2n) is 4.84. The second-order valence-corrected chi connectivity index (χ2v) is 7.10. The van der Waals surface area contributed by atoms with Crippen LogP contribution in [-0.2, 0) is 20.6 Å². The number of benzene rings is 1. The van der Waals surface area contributed by atoms with Gasteiger partial charge in [0.1, 0.15) is 5.82 Å². The zero-order valence-corrected chi connectivity index (χ0v) is 12.9. The molecule has 1 aromatic rings. The maximum atomic E-state index is 13.4. The molecule has 2 unspecified atom stereocenters. The monoisotopic (exact) mass is 321 g/mol. The summed E-state index contributed by atoms with van der Waals surface area (Å²) >= 11 is 5.62. The highest BCUT2D eigenvalue weighted by Gasteiger charge is 2.35. The molecule has 7 heteroatoms. The number of halogens is 2. The Morgan fingerprint density at radius 3 is 2.75 bits per heavy atom. The second kappa shape index (κ2) is 5.97. The molecule has 0 aromatic heterocycles. The van der Waals surface area contributed by atoms with Gasteiger partial charge in [0.15, 0.2) is 0 Å². The molecule has 4 nitrogen and oxygen atoms in total. The number of nitrogens with zero attached hydrogens (tertiary/aromatic N) is 1. The van der Waals surface area contributed by atoms with Gasteiger partial charge in [0.25, 0.3) is 0 Å². The Hall–Kier alpha value is -0.690. The Morgan fingerprint density at radius 2 is 2.20 bits per heavy atom. The smallest absolute Gasteiger partial charge is 0.243 e. The largest absolute Gasteiger partial charge is 0.377 e. The van der Waals surface area contributed by atoms with Gasteiger partial charge in [0.2, 0.25) is 10.0 Å². The van der Waals surface area contributed by atoms with E-state index in [4.69, 9.17) is 16.3 Å². The van der Waals surface area contributed by atoms with Crippen LogP contribution in [0.2, 0.25) is 0 Å². The molecule has 0 aliphatic carbocycles. The van der Waals surface area contributed by atoms with Crippen molar-refractivity contribution >= 4 is 21.6 Å². The zero-order valence-electron chi connectivity index (χ0n) is 11.3. The predicted octanol–water partition coefficient (Wildman–Crippen LogP) is 2.36. The molecule has 0 spiro atoms. The summed E-state index contributed by atoms with van der Waals surface area (Å²) in [5, 5.41) is 0. The van der Waals surface area contributed by atoms with Crippen molar-refractivity contribution in [3.8, 4) is 0 Å². The summed E-state index contributed by atoms with van der Waals surface area (Å²) in [5.74, 6) is -0.568. The van der Waals surface area contributed by atoms with Crippen molar-refractivity contribution < 1.29 is 17.5 Å². The fourth-order valence-electron chi connectivity index (χ4n) is 2.36. The Kier molecular flexibility index (Phi) is 4.69. The lowest BCUT2D eigenvalue weighted by molar-refractivity contribution is 0.102. The summed E-state index contributed by atoms with van der Waals surface area (Å²) in [6.45, 7) is 2.39. The van der Waals surface area contributed by atoms with Crippen molar-refractivity contribution in [3.63, 3.8) is 0 Å². The van der Waals surface area contributed by atoms with E-state index in [0.29, 0.717) is 13.0 Å². The topological polar surface area (TPSA) is 46.6 Å². The predicted molar refractivity (Wildman–Crippen MR) is 74.7 cm³/mol. The number of ether oxygens (including phenoxy) is 1. The van der Waals surface area contributed by atoms with Crippen molar-refractivity contribution in [2.75, 3.05) is 13.7 Å². The van der Waals surface area contributed by atoms with Crippen molar-refractivity contribution in [1.29, 1.82) is 0 Å². The van der Waals surface area contributed by atoms with Crippen LogP contribution in [0.4, 0.5) is 4.39 Å². The van der Waals surface area contributed by atoms with Gasteiger partial charge in [-0.25, -0.2) is 12.8 Å². The third-order valence-corrected chi connectivity index (χ3v) is 5.81. The quantitative estimate of drug-likeness (QED) is 0.800. The highest BCUT2D eigenvalue weighted by Crippen LogP contribution is 2.26. The summed E-state index contributed by atoms with van der Waals surface area (Å²) in [5.41, 5.74) is 0.178. The van der Waals surface area contributed by atoms with Gasteiger partial charge < -0.3 is 4.74 Å². The van der Waals surface area contributed by atoms with Crippen molar-refractivity contribution in [2.24, 2.45) is 0 Å². The van der Waals surface area contributed by atoms with E-state index in [9.17, 15) is 12.8 Å². The van der Waals surface area contributed by atoms with Crippen LogP contribution >= 0.6 is 11.6 Å². The molecular formula is C13H17ClFNO3S. The first kappa shape index (κ1) is 15.7. The number of alkyl halides is 1. The van der Waals surface area contributed by atoms with E-state index in [-0.39, 0.29) is 28.5 Å². The van der Waals surface area contributed by atoms with Crippen LogP contribution in [0.25, 0.3) is 0 Å². The first-order valence-corrected chi connectivity index (χ1v) is 8.29. The van der Waals surface area contributed by atoms with Crippen LogP contribution in [0.3, 0.4) is 0 Å². The van der Waals surface area contributed by atoms with Gasteiger partial charge >= 0.3 is 0 Å². The Balaban J connectivity index is 2.34. The minimum Gasteiger partial charge on any atom is -0.377 e. The first-order chi connectivity index (χ1) is 9.37. The van der Waals surface area contributed by atoms with Crippen molar-refractivity contribution in [3.05, 3.63) is 29.6 Å². The molecule has 0 radical (unpaired) electrons. The van der Waals surface area contributed by atoms with E-state index >= 15 is 0 Å².